The molecule has 0 spiro atoms. The standard InChI is InChI=1S/C9H11NO2/c11-9(12)8-5-10-4-6-2-1-3-7(6)8/h1-2,5-7,10H,3-4H2,(H,11,12). The molecule has 2 atom stereocenters. The Hall–Kier alpha value is -1.25. The van der Waals surface area contributed by atoms with Gasteiger partial charge in [0.15, 0.2) is 0 Å². The van der Waals surface area contributed by atoms with Crippen molar-refractivity contribution in [3.8, 4) is 0 Å². The summed E-state index contributed by atoms with van der Waals surface area (Å²) in [5, 5.41) is 11.8. The molecule has 0 aromatic heterocycles. The minimum absolute atomic E-state index is 0.212. The number of allylic oxidation sites excluding steroid dienone is 1. The molecule has 1 aliphatic heterocycles. The molecule has 3 heteroatoms. The number of nitrogens with one attached hydrogen (secondary N) is 1. The van der Waals surface area contributed by atoms with Crippen molar-refractivity contribution in [2.45, 2.75) is 6.42 Å². The zero-order chi connectivity index (χ0) is 8.55. The lowest BCUT2D eigenvalue weighted by molar-refractivity contribution is -0.133. The summed E-state index contributed by atoms with van der Waals surface area (Å²) in [6.07, 6.45) is 6.69. The quantitative estimate of drug-likeness (QED) is 0.564. The Morgan fingerprint density at radius 3 is 3.25 bits per heavy atom. The third kappa shape index (κ3) is 1.02. The van der Waals surface area contributed by atoms with Crippen molar-refractivity contribution in [3.63, 3.8) is 0 Å². The minimum Gasteiger partial charge on any atom is -0.478 e. The van der Waals surface area contributed by atoms with Gasteiger partial charge in [-0.25, -0.2) is 4.79 Å². The molecule has 1 aliphatic carbocycles. The Morgan fingerprint density at radius 2 is 2.50 bits per heavy atom. The maximum atomic E-state index is 10.8. The zero-order valence-corrected chi connectivity index (χ0v) is 6.66. The maximum absolute atomic E-state index is 10.8. The summed E-state index contributed by atoms with van der Waals surface area (Å²) < 4.78 is 0. The van der Waals surface area contributed by atoms with Crippen LogP contribution in [0.2, 0.25) is 0 Å². The van der Waals surface area contributed by atoms with Gasteiger partial charge in [0.1, 0.15) is 0 Å². The monoisotopic (exact) mass is 165 g/mol. The number of rotatable bonds is 1. The lowest BCUT2D eigenvalue weighted by Crippen LogP contribution is -2.31. The Kier molecular flexibility index (Phi) is 1.64. The molecule has 0 amide bonds. The highest BCUT2D eigenvalue weighted by Gasteiger charge is 2.31. The highest BCUT2D eigenvalue weighted by atomic mass is 16.4. The molecule has 2 unspecified atom stereocenters. The van der Waals surface area contributed by atoms with Crippen LogP contribution in [0.4, 0.5) is 0 Å². The van der Waals surface area contributed by atoms with Crippen molar-refractivity contribution in [2.75, 3.05) is 6.54 Å². The van der Waals surface area contributed by atoms with E-state index < -0.39 is 5.97 Å². The average Bonchev–Trinajstić information content (AvgIpc) is 2.49. The molecule has 2 aliphatic rings. The van der Waals surface area contributed by atoms with Gasteiger partial charge < -0.3 is 10.4 Å². The van der Waals surface area contributed by atoms with Crippen LogP contribution in [0, 0.1) is 11.8 Å². The topological polar surface area (TPSA) is 49.3 Å². The molecule has 0 fully saturated rings. The van der Waals surface area contributed by atoms with Crippen molar-refractivity contribution in [3.05, 3.63) is 23.9 Å². The Bertz CT molecular complexity index is 268. The number of carboxylic acids is 1. The predicted octanol–water partition coefficient (Wildman–Crippen LogP) is 0.750. The third-order valence-electron chi connectivity index (χ3n) is 2.55. The van der Waals surface area contributed by atoms with Crippen molar-refractivity contribution >= 4 is 5.97 Å². The largest absolute Gasteiger partial charge is 0.478 e. The summed E-state index contributed by atoms with van der Waals surface area (Å²) >= 11 is 0. The second-order valence-electron chi connectivity index (χ2n) is 3.25. The molecule has 2 rings (SSSR count). The minimum atomic E-state index is -0.791. The van der Waals surface area contributed by atoms with Crippen LogP contribution in [-0.2, 0) is 4.79 Å². The van der Waals surface area contributed by atoms with Crippen LogP contribution in [0.25, 0.3) is 0 Å². The summed E-state index contributed by atoms with van der Waals surface area (Å²) in [6, 6.07) is 0. The van der Waals surface area contributed by atoms with E-state index >= 15 is 0 Å². The smallest absolute Gasteiger partial charge is 0.333 e. The van der Waals surface area contributed by atoms with Gasteiger partial charge in [-0.15, -0.1) is 0 Å². The lowest BCUT2D eigenvalue weighted by Gasteiger charge is -2.24. The number of aliphatic carboxylic acids is 1. The molecule has 64 valence electrons. The molecule has 0 saturated heterocycles. The fourth-order valence-electron chi connectivity index (χ4n) is 1.91. The highest BCUT2D eigenvalue weighted by Crippen LogP contribution is 2.33. The Morgan fingerprint density at radius 1 is 1.67 bits per heavy atom. The second kappa shape index (κ2) is 2.66. The SMILES string of the molecule is O=C(O)C1=CNCC2C=CCC12. The molecular weight excluding hydrogens is 154 g/mol. The van der Waals surface area contributed by atoms with E-state index in [0.29, 0.717) is 11.5 Å². The van der Waals surface area contributed by atoms with Gasteiger partial charge in [-0.1, -0.05) is 12.2 Å². The molecule has 0 radical (unpaired) electrons. The number of carbonyl (C=O) groups is 1. The van der Waals surface area contributed by atoms with Crippen molar-refractivity contribution in [2.24, 2.45) is 11.8 Å². The number of carboxylic acid groups (broad SMARTS) is 1. The first-order chi connectivity index (χ1) is 5.79. The molecule has 0 aromatic carbocycles. The maximum Gasteiger partial charge on any atom is 0.333 e. The summed E-state index contributed by atoms with van der Waals surface area (Å²) in [5.41, 5.74) is 0.524. The molecule has 0 aromatic rings. The number of hydrogen-bond donors (Lipinski definition) is 2. The van der Waals surface area contributed by atoms with Crippen LogP contribution in [0.5, 0.6) is 0 Å². The normalized spacial score (nSPS) is 32.2. The summed E-state index contributed by atoms with van der Waals surface area (Å²) in [6.45, 7) is 0.873. The van der Waals surface area contributed by atoms with Crippen LogP contribution in [0.1, 0.15) is 6.42 Å². The van der Waals surface area contributed by atoms with E-state index in [1.807, 2.05) is 0 Å². The van der Waals surface area contributed by atoms with Gasteiger partial charge in [0.2, 0.25) is 0 Å². The first kappa shape index (κ1) is 7.40. The summed E-state index contributed by atoms with van der Waals surface area (Å²) in [4.78, 5) is 10.8. The van der Waals surface area contributed by atoms with E-state index in [2.05, 4.69) is 17.5 Å². The van der Waals surface area contributed by atoms with E-state index in [1.54, 1.807) is 6.20 Å². The molecule has 3 nitrogen and oxygen atoms in total. The molecular formula is C9H11NO2. The third-order valence-corrected chi connectivity index (χ3v) is 2.55. The van der Waals surface area contributed by atoms with Gasteiger partial charge >= 0.3 is 5.97 Å². The van der Waals surface area contributed by atoms with Crippen LogP contribution < -0.4 is 5.32 Å². The predicted molar refractivity (Wildman–Crippen MR) is 44.5 cm³/mol. The van der Waals surface area contributed by atoms with Gasteiger partial charge in [0, 0.05) is 24.6 Å². The van der Waals surface area contributed by atoms with Gasteiger partial charge in [-0.05, 0) is 6.42 Å². The van der Waals surface area contributed by atoms with Crippen LogP contribution in [-0.4, -0.2) is 17.6 Å². The number of hydrogen-bond acceptors (Lipinski definition) is 2. The van der Waals surface area contributed by atoms with E-state index in [9.17, 15) is 4.79 Å². The molecule has 0 saturated carbocycles. The fraction of sp³-hybridized carbons (Fsp3) is 0.444. The molecule has 12 heavy (non-hydrogen) atoms. The van der Waals surface area contributed by atoms with Crippen LogP contribution in [0.15, 0.2) is 23.9 Å². The van der Waals surface area contributed by atoms with Gasteiger partial charge in [-0.2, -0.15) is 0 Å². The second-order valence-corrected chi connectivity index (χ2v) is 3.25. The average molecular weight is 165 g/mol. The fourth-order valence-corrected chi connectivity index (χ4v) is 1.91. The summed E-state index contributed by atoms with van der Waals surface area (Å²) in [5.74, 6) is -0.189. The van der Waals surface area contributed by atoms with Crippen molar-refractivity contribution in [1.29, 1.82) is 0 Å². The molecule has 0 bridgehead atoms. The highest BCUT2D eigenvalue weighted by molar-refractivity contribution is 5.87. The summed E-state index contributed by atoms with van der Waals surface area (Å²) in [7, 11) is 0. The molecule has 1 heterocycles. The Labute approximate surface area is 70.8 Å². The number of fused-ring (bicyclic) bond motifs is 1. The Balaban J connectivity index is 2.24. The van der Waals surface area contributed by atoms with Crippen LogP contribution >= 0.6 is 0 Å². The van der Waals surface area contributed by atoms with E-state index in [4.69, 9.17) is 5.11 Å². The lowest BCUT2D eigenvalue weighted by atomic mass is 9.86. The zero-order valence-electron chi connectivity index (χ0n) is 6.66. The van der Waals surface area contributed by atoms with Gasteiger partial charge in [0.05, 0.1) is 5.57 Å². The van der Waals surface area contributed by atoms with E-state index in [0.717, 1.165) is 13.0 Å². The van der Waals surface area contributed by atoms with Gasteiger partial charge in [0.25, 0.3) is 0 Å². The van der Waals surface area contributed by atoms with Crippen molar-refractivity contribution < 1.29 is 9.90 Å². The van der Waals surface area contributed by atoms with E-state index in [1.165, 1.54) is 0 Å². The first-order valence-corrected chi connectivity index (χ1v) is 4.12. The van der Waals surface area contributed by atoms with Gasteiger partial charge in [-0.3, -0.25) is 0 Å². The van der Waals surface area contributed by atoms with Crippen LogP contribution in [0.3, 0.4) is 0 Å². The molecule has 2 N–H and O–H groups in total. The van der Waals surface area contributed by atoms with Crippen molar-refractivity contribution in [1.82, 2.24) is 5.32 Å². The van der Waals surface area contributed by atoms with E-state index in [-0.39, 0.29) is 5.92 Å². The first-order valence-electron chi connectivity index (χ1n) is 4.12.